The lowest BCUT2D eigenvalue weighted by Gasteiger charge is -2.09. The van der Waals surface area contributed by atoms with Crippen molar-refractivity contribution in [1.82, 2.24) is 5.32 Å². The van der Waals surface area contributed by atoms with Gasteiger partial charge < -0.3 is 5.32 Å². The van der Waals surface area contributed by atoms with Gasteiger partial charge in [0.2, 0.25) is 5.91 Å². The molecule has 0 radical (unpaired) electrons. The van der Waals surface area contributed by atoms with Crippen molar-refractivity contribution in [2.24, 2.45) is 0 Å². The molecule has 1 aromatic carbocycles. The Morgan fingerprint density at radius 1 is 1.21 bits per heavy atom. The third-order valence-corrected chi connectivity index (χ3v) is 3.82. The van der Waals surface area contributed by atoms with Gasteiger partial charge in [0.1, 0.15) is 12.3 Å². The molecular weight excluding hydrogens is 283 g/mol. The summed E-state index contributed by atoms with van der Waals surface area (Å²) >= 11 is 0. The minimum Gasteiger partial charge on any atom is -0.346 e. The van der Waals surface area contributed by atoms with Crippen LogP contribution in [-0.4, -0.2) is 32.8 Å². The van der Waals surface area contributed by atoms with Gasteiger partial charge in [-0.15, -0.1) is 0 Å². The van der Waals surface area contributed by atoms with E-state index in [4.69, 9.17) is 0 Å². The quantitative estimate of drug-likeness (QED) is 0.914. The Morgan fingerprint density at radius 2 is 1.74 bits per heavy atom. The first-order valence-corrected chi connectivity index (χ1v) is 6.88. The van der Waals surface area contributed by atoms with Crippen molar-refractivity contribution in [3.05, 3.63) is 29.8 Å². The van der Waals surface area contributed by atoms with Crippen molar-refractivity contribution < 1.29 is 26.4 Å². The number of amides is 1. The van der Waals surface area contributed by atoms with E-state index < -0.39 is 34.2 Å². The van der Waals surface area contributed by atoms with Gasteiger partial charge >= 0.3 is 6.18 Å². The molecule has 106 valence electrons. The molecule has 0 bridgehead atoms. The first-order valence-electron chi connectivity index (χ1n) is 5.23. The predicted octanol–water partition coefficient (Wildman–Crippen LogP) is 1.45. The fourth-order valence-corrected chi connectivity index (χ4v) is 2.42. The van der Waals surface area contributed by atoms with Crippen molar-refractivity contribution in [2.75, 3.05) is 12.3 Å². The zero-order valence-electron chi connectivity index (χ0n) is 9.99. The number of carbonyl (C=O) groups is 1. The third-order valence-electron chi connectivity index (χ3n) is 2.19. The van der Waals surface area contributed by atoms with Crippen LogP contribution < -0.4 is 5.32 Å². The molecule has 1 N–H and O–H groups in total. The summed E-state index contributed by atoms with van der Waals surface area (Å²) in [6.07, 6.45) is -4.57. The van der Waals surface area contributed by atoms with E-state index >= 15 is 0 Å². The highest BCUT2D eigenvalue weighted by Crippen LogP contribution is 2.14. The van der Waals surface area contributed by atoms with Crippen LogP contribution >= 0.6 is 0 Å². The van der Waals surface area contributed by atoms with Gasteiger partial charge in [0.15, 0.2) is 9.84 Å². The maximum atomic E-state index is 11.9. The standard InChI is InChI=1S/C11H12F3NO3S/c1-8-2-4-9(5-3-8)19(17,18)6-10(16)15-7-11(12,13)14/h2-5H,6-7H2,1H3,(H,15,16). The molecule has 4 nitrogen and oxygen atoms in total. The largest absolute Gasteiger partial charge is 0.405 e. The molecule has 1 aromatic rings. The summed E-state index contributed by atoms with van der Waals surface area (Å²) in [5, 5.41) is 1.52. The number of rotatable bonds is 4. The van der Waals surface area contributed by atoms with Gasteiger partial charge in [-0.05, 0) is 19.1 Å². The monoisotopic (exact) mass is 295 g/mol. The average molecular weight is 295 g/mol. The van der Waals surface area contributed by atoms with E-state index in [1.54, 1.807) is 19.1 Å². The molecule has 0 saturated carbocycles. The van der Waals surface area contributed by atoms with Crippen LogP contribution in [0.25, 0.3) is 0 Å². The lowest BCUT2D eigenvalue weighted by molar-refractivity contribution is -0.137. The van der Waals surface area contributed by atoms with Crippen LogP contribution in [0.4, 0.5) is 13.2 Å². The molecule has 0 unspecified atom stereocenters. The van der Waals surface area contributed by atoms with E-state index in [2.05, 4.69) is 0 Å². The summed E-state index contributed by atoms with van der Waals surface area (Å²) in [7, 11) is -3.92. The molecule has 8 heteroatoms. The van der Waals surface area contributed by atoms with E-state index in [9.17, 15) is 26.4 Å². The minimum atomic E-state index is -4.57. The molecule has 0 heterocycles. The maximum absolute atomic E-state index is 11.9. The SMILES string of the molecule is Cc1ccc(S(=O)(=O)CC(=O)NCC(F)(F)F)cc1. The average Bonchev–Trinajstić information content (AvgIpc) is 2.25. The smallest absolute Gasteiger partial charge is 0.346 e. The highest BCUT2D eigenvalue weighted by Gasteiger charge is 2.29. The fourth-order valence-electron chi connectivity index (χ4n) is 1.25. The number of nitrogens with one attached hydrogen (secondary N) is 1. The van der Waals surface area contributed by atoms with Gasteiger partial charge in [0, 0.05) is 0 Å². The second-order valence-corrected chi connectivity index (χ2v) is 5.95. The van der Waals surface area contributed by atoms with Gasteiger partial charge in [-0.1, -0.05) is 17.7 Å². The van der Waals surface area contributed by atoms with Crippen LogP contribution in [0.15, 0.2) is 29.2 Å². The lowest BCUT2D eigenvalue weighted by atomic mass is 10.2. The van der Waals surface area contributed by atoms with Gasteiger partial charge in [0.05, 0.1) is 4.90 Å². The van der Waals surface area contributed by atoms with Crippen molar-refractivity contribution >= 4 is 15.7 Å². The normalized spacial score (nSPS) is 12.2. The molecule has 1 amide bonds. The molecule has 0 fully saturated rings. The first-order chi connectivity index (χ1) is 8.60. The fraction of sp³-hybridized carbons (Fsp3) is 0.364. The Bertz CT molecular complexity index is 550. The van der Waals surface area contributed by atoms with Gasteiger partial charge in [-0.2, -0.15) is 13.2 Å². The Balaban J connectivity index is 2.70. The van der Waals surface area contributed by atoms with Crippen LogP contribution in [0.2, 0.25) is 0 Å². The Hall–Kier alpha value is -1.57. The van der Waals surface area contributed by atoms with E-state index in [1.165, 1.54) is 17.4 Å². The number of hydrogen-bond donors (Lipinski definition) is 1. The number of benzene rings is 1. The third kappa shape index (κ3) is 5.29. The highest BCUT2D eigenvalue weighted by molar-refractivity contribution is 7.92. The number of aryl methyl sites for hydroxylation is 1. The van der Waals surface area contributed by atoms with Crippen molar-refractivity contribution in [2.45, 2.75) is 18.0 Å². The first kappa shape index (κ1) is 15.5. The van der Waals surface area contributed by atoms with Crippen molar-refractivity contribution in [1.29, 1.82) is 0 Å². The van der Waals surface area contributed by atoms with Crippen molar-refractivity contribution in [3.8, 4) is 0 Å². The van der Waals surface area contributed by atoms with Crippen molar-refractivity contribution in [3.63, 3.8) is 0 Å². The second-order valence-electron chi connectivity index (χ2n) is 3.96. The van der Waals surface area contributed by atoms with Crippen LogP contribution in [0.1, 0.15) is 5.56 Å². The Morgan fingerprint density at radius 3 is 2.21 bits per heavy atom. The molecule has 0 aliphatic carbocycles. The van der Waals surface area contributed by atoms with E-state index in [-0.39, 0.29) is 4.90 Å². The topological polar surface area (TPSA) is 63.2 Å². The molecular formula is C11H12F3NO3S. The molecule has 0 saturated heterocycles. The molecule has 0 aromatic heterocycles. The zero-order valence-corrected chi connectivity index (χ0v) is 10.8. The maximum Gasteiger partial charge on any atom is 0.405 e. The molecule has 0 aliphatic heterocycles. The summed E-state index contributed by atoms with van der Waals surface area (Å²) in [6.45, 7) is 0.210. The summed E-state index contributed by atoms with van der Waals surface area (Å²) < 4.78 is 59.0. The number of alkyl halides is 3. The number of sulfone groups is 1. The van der Waals surface area contributed by atoms with Crippen LogP contribution in [0, 0.1) is 6.92 Å². The molecule has 0 aliphatic rings. The Kier molecular flexibility index (Phi) is 4.56. The molecule has 1 rings (SSSR count). The molecule has 0 spiro atoms. The van der Waals surface area contributed by atoms with Gasteiger partial charge in [-0.25, -0.2) is 8.42 Å². The van der Waals surface area contributed by atoms with E-state index in [1.807, 2.05) is 0 Å². The molecule has 0 atom stereocenters. The zero-order chi connectivity index (χ0) is 14.7. The summed E-state index contributed by atoms with van der Waals surface area (Å²) in [6, 6.07) is 5.70. The minimum absolute atomic E-state index is 0.0970. The highest BCUT2D eigenvalue weighted by atomic mass is 32.2. The summed E-state index contributed by atoms with van der Waals surface area (Å²) in [5.74, 6) is -2.19. The van der Waals surface area contributed by atoms with Gasteiger partial charge in [0.25, 0.3) is 0 Å². The summed E-state index contributed by atoms with van der Waals surface area (Å²) in [4.78, 5) is 11.1. The van der Waals surface area contributed by atoms with Crippen LogP contribution in [0.5, 0.6) is 0 Å². The predicted molar refractivity (Wildman–Crippen MR) is 62.3 cm³/mol. The second kappa shape index (κ2) is 5.60. The van der Waals surface area contributed by atoms with Gasteiger partial charge in [-0.3, -0.25) is 4.79 Å². The number of halogens is 3. The summed E-state index contributed by atoms with van der Waals surface area (Å²) in [5.41, 5.74) is 0.834. The lowest BCUT2D eigenvalue weighted by Crippen LogP contribution is -2.37. The van der Waals surface area contributed by atoms with E-state index in [0.717, 1.165) is 5.56 Å². The van der Waals surface area contributed by atoms with Crippen LogP contribution in [0.3, 0.4) is 0 Å². The number of carbonyl (C=O) groups excluding carboxylic acids is 1. The Labute approximate surface area is 108 Å². The van der Waals surface area contributed by atoms with E-state index in [0.29, 0.717) is 0 Å². The molecule has 19 heavy (non-hydrogen) atoms. The van der Waals surface area contributed by atoms with Crippen LogP contribution in [-0.2, 0) is 14.6 Å². The number of hydrogen-bond acceptors (Lipinski definition) is 3.